The molecule has 4 nitrogen and oxygen atoms in total. The smallest absolute Gasteiger partial charge is 0.234 e. The van der Waals surface area contributed by atoms with Gasteiger partial charge in [-0.1, -0.05) is 12.1 Å². The number of benzene rings is 1. The van der Waals surface area contributed by atoms with Crippen LogP contribution in [-0.4, -0.2) is 31.7 Å². The number of hydrogen-bond donors (Lipinski definition) is 2. The van der Waals surface area contributed by atoms with Crippen LogP contribution in [0.15, 0.2) is 24.3 Å². The zero-order chi connectivity index (χ0) is 14.4. The van der Waals surface area contributed by atoms with Crippen molar-refractivity contribution in [1.29, 1.82) is 0 Å². The molecule has 0 bridgehead atoms. The van der Waals surface area contributed by atoms with Gasteiger partial charge in [0.2, 0.25) is 5.91 Å². The molecule has 0 aliphatic carbocycles. The minimum absolute atomic E-state index is 0.0276. The molecule has 1 atom stereocenters. The average Bonchev–Trinajstić information content (AvgIpc) is 2.46. The molecule has 0 saturated carbocycles. The van der Waals surface area contributed by atoms with Gasteiger partial charge in [-0.25, -0.2) is 4.39 Å². The molecular weight excluding hydrogens is 259 g/mol. The van der Waals surface area contributed by atoms with Gasteiger partial charge >= 0.3 is 0 Å². The van der Waals surface area contributed by atoms with Gasteiger partial charge in [-0.15, -0.1) is 0 Å². The lowest BCUT2D eigenvalue weighted by Crippen LogP contribution is -2.43. The maximum atomic E-state index is 13.1. The van der Waals surface area contributed by atoms with E-state index in [1.165, 1.54) is 12.1 Å². The Bertz CT molecular complexity index is 447. The highest BCUT2D eigenvalue weighted by atomic mass is 19.1. The van der Waals surface area contributed by atoms with Crippen molar-refractivity contribution in [2.45, 2.75) is 31.8 Å². The van der Waals surface area contributed by atoms with E-state index >= 15 is 0 Å². The van der Waals surface area contributed by atoms with Gasteiger partial charge in [0, 0.05) is 25.3 Å². The van der Waals surface area contributed by atoms with Crippen LogP contribution in [0.4, 0.5) is 4.39 Å². The third-order valence-corrected chi connectivity index (χ3v) is 3.50. The molecule has 1 amide bonds. The maximum absolute atomic E-state index is 13.1. The molecular formula is C15H21FN2O2. The van der Waals surface area contributed by atoms with Gasteiger partial charge in [-0.05, 0) is 37.5 Å². The summed E-state index contributed by atoms with van der Waals surface area (Å²) < 4.78 is 18.4. The van der Waals surface area contributed by atoms with Gasteiger partial charge < -0.3 is 15.4 Å². The fourth-order valence-corrected chi connectivity index (χ4v) is 2.26. The average molecular weight is 280 g/mol. The molecule has 20 heavy (non-hydrogen) atoms. The predicted molar refractivity (Wildman–Crippen MR) is 74.8 cm³/mol. The maximum Gasteiger partial charge on any atom is 0.234 e. The first kappa shape index (κ1) is 14.9. The Balaban J connectivity index is 1.75. The highest BCUT2D eigenvalue weighted by Crippen LogP contribution is 2.13. The normalized spacial score (nSPS) is 17.7. The largest absolute Gasteiger partial charge is 0.381 e. The van der Waals surface area contributed by atoms with E-state index in [2.05, 4.69) is 10.6 Å². The summed E-state index contributed by atoms with van der Waals surface area (Å²) in [7, 11) is 0. The first-order valence-electron chi connectivity index (χ1n) is 7.01. The molecule has 0 unspecified atom stereocenters. The molecule has 0 aromatic heterocycles. The Labute approximate surface area is 118 Å². The SMILES string of the molecule is C[C@H](NCC(=O)NC1CCOCC1)c1cccc(F)c1. The van der Waals surface area contributed by atoms with Crippen LogP contribution >= 0.6 is 0 Å². The highest BCUT2D eigenvalue weighted by Gasteiger charge is 2.16. The van der Waals surface area contributed by atoms with Crippen molar-refractivity contribution in [2.75, 3.05) is 19.8 Å². The van der Waals surface area contributed by atoms with E-state index in [9.17, 15) is 9.18 Å². The lowest BCUT2D eigenvalue weighted by Gasteiger charge is -2.23. The number of ether oxygens (including phenoxy) is 1. The summed E-state index contributed by atoms with van der Waals surface area (Å²) in [5.74, 6) is -0.289. The van der Waals surface area contributed by atoms with Crippen LogP contribution in [0.2, 0.25) is 0 Å². The lowest BCUT2D eigenvalue weighted by molar-refractivity contribution is -0.121. The highest BCUT2D eigenvalue weighted by molar-refractivity contribution is 5.78. The minimum atomic E-state index is -0.261. The van der Waals surface area contributed by atoms with Gasteiger partial charge in [0.1, 0.15) is 5.82 Å². The Morgan fingerprint density at radius 1 is 1.45 bits per heavy atom. The summed E-state index contributed by atoms with van der Waals surface area (Å²) >= 11 is 0. The van der Waals surface area contributed by atoms with Crippen LogP contribution in [-0.2, 0) is 9.53 Å². The first-order chi connectivity index (χ1) is 9.65. The Morgan fingerprint density at radius 2 is 2.20 bits per heavy atom. The van der Waals surface area contributed by atoms with Crippen LogP contribution in [0.25, 0.3) is 0 Å². The van der Waals surface area contributed by atoms with Crippen molar-refractivity contribution >= 4 is 5.91 Å². The second-order valence-electron chi connectivity index (χ2n) is 5.11. The molecule has 5 heteroatoms. The molecule has 1 aromatic rings. The fourth-order valence-electron chi connectivity index (χ4n) is 2.26. The van der Waals surface area contributed by atoms with E-state index in [4.69, 9.17) is 4.74 Å². The van der Waals surface area contributed by atoms with Crippen molar-refractivity contribution in [3.8, 4) is 0 Å². The monoisotopic (exact) mass is 280 g/mol. The molecule has 1 heterocycles. The van der Waals surface area contributed by atoms with Crippen LogP contribution in [0.3, 0.4) is 0 Å². The van der Waals surface area contributed by atoms with Crippen molar-refractivity contribution in [3.63, 3.8) is 0 Å². The predicted octanol–water partition coefficient (Wildman–Crippen LogP) is 1.77. The minimum Gasteiger partial charge on any atom is -0.381 e. The summed E-state index contributed by atoms with van der Waals surface area (Å²) in [6.07, 6.45) is 1.73. The van der Waals surface area contributed by atoms with Gasteiger partial charge in [-0.2, -0.15) is 0 Å². The standard InChI is InChI=1S/C15H21FN2O2/c1-11(12-3-2-4-13(16)9-12)17-10-15(19)18-14-5-7-20-8-6-14/h2-4,9,11,14,17H,5-8,10H2,1H3,(H,18,19)/t11-/m0/s1. The van der Waals surface area contributed by atoms with Gasteiger partial charge in [0.15, 0.2) is 0 Å². The number of hydrogen-bond acceptors (Lipinski definition) is 3. The van der Waals surface area contributed by atoms with Gasteiger partial charge in [0.05, 0.1) is 6.54 Å². The molecule has 0 radical (unpaired) electrons. The molecule has 1 aromatic carbocycles. The topological polar surface area (TPSA) is 50.4 Å². The molecule has 2 rings (SSSR count). The number of halogens is 1. The van der Waals surface area contributed by atoms with Gasteiger partial charge in [0.25, 0.3) is 0 Å². The molecule has 1 aliphatic heterocycles. The number of nitrogens with one attached hydrogen (secondary N) is 2. The summed E-state index contributed by atoms with van der Waals surface area (Å²) in [6, 6.07) is 6.55. The summed E-state index contributed by atoms with van der Waals surface area (Å²) in [5.41, 5.74) is 0.837. The zero-order valence-corrected chi connectivity index (χ0v) is 11.7. The Kier molecular flexibility index (Phi) is 5.49. The molecule has 0 spiro atoms. The van der Waals surface area contributed by atoms with Crippen molar-refractivity contribution in [2.24, 2.45) is 0 Å². The molecule has 110 valence electrons. The third kappa shape index (κ3) is 4.58. The second-order valence-corrected chi connectivity index (χ2v) is 5.11. The summed E-state index contributed by atoms with van der Waals surface area (Å²) in [5, 5.41) is 6.09. The molecule has 2 N–H and O–H groups in total. The summed E-state index contributed by atoms with van der Waals surface area (Å²) in [6.45, 7) is 3.56. The zero-order valence-electron chi connectivity index (χ0n) is 11.7. The van der Waals surface area contributed by atoms with Gasteiger partial charge in [-0.3, -0.25) is 4.79 Å². The third-order valence-electron chi connectivity index (χ3n) is 3.50. The molecule has 1 saturated heterocycles. The number of amides is 1. The number of carbonyl (C=O) groups is 1. The summed E-state index contributed by atoms with van der Waals surface area (Å²) in [4.78, 5) is 11.8. The van der Waals surface area contributed by atoms with E-state index in [0.29, 0.717) is 13.2 Å². The van der Waals surface area contributed by atoms with Crippen molar-refractivity contribution < 1.29 is 13.9 Å². The Hall–Kier alpha value is -1.46. The van der Waals surface area contributed by atoms with E-state index in [-0.39, 0.29) is 30.4 Å². The Morgan fingerprint density at radius 3 is 2.90 bits per heavy atom. The van der Waals surface area contributed by atoms with Crippen molar-refractivity contribution in [1.82, 2.24) is 10.6 Å². The second kappa shape index (κ2) is 7.36. The van der Waals surface area contributed by atoms with Crippen molar-refractivity contribution in [3.05, 3.63) is 35.6 Å². The van der Waals surface area contributed by atoms with E-state index in [0.717, 1.165) is 18.4 Å². The van der Waals surface area contributed by atoms with Crippen LogP contribution in [0, 0.1) is 5.82 Å². The molecule has 1 aliphatic rings. The van der Waals surface area contributed by atoms with E-state index in [1.54, 1.807) is 6.07 Å². The fraction of sp³-hybridized carbons (Fsp3) is 0.533. The van der Waals surface area contributed by atoms with E-state index < -0.39 is 0 Å². The number of carbonyl (C=O) groups excluding carboxylic acids is 1. The van der Waals surface area contributed by atoms with Crippen LogP contribution in [0.5, 0.6) is 0 Å². The lowest BCUT2D eigenvalue weighted by atomic mass is 10.1. The van der Waals surface area contributed by atoms with Crippen LogP contribution in [0.1, 0.15) is 31.4 Å². The number of rotatable bonds is 5. The molecule has 1 fully saturated rings. The quantitative estimate of drug-likeness (QED) is 0.864. The van der Waals surface area contributed by atoms with Crippen LogP contribution < -0.4 is 10.6 Å². The first-order valence-corrected chi connectivity index (χ1v) is 7.01. The van der Waals surface area contributed by atoms with E-state index in [1.807, 2.05) is 13.0 Å².